The van der Waals surface area contributed by atoms with Crippen LogP contribution in [0.2, 0.25) is 0 Å². The lowest BCUT2D eigenvalue weighted by Crippen LogP contribution is -2.61. The predicted octanol–water partition coefficient (Wildman–Crippen LogP) is 0.331. The van der Waals surface area contributed by atoms with Crippen molar-refractivity contribution in [3.63, 3.8) is 0 Å². The molecule has 9 nitrogen and oxygen atoms in total. The molecule has 1 fully saturated rings. The van der Waals surface area contributed by atoms with E-state index in [0.717, 1.165) is 0 Å². The SMILES string of the molecule is O=C(O)c1cccc(B2OB(c3cccc(C(=O)O)c3)OB(c3cccc(C(=O)O)c3)O2)c1. The van der Waals surface area contributed by atoms with E-state index in [-0.39, 0.29) is 16.7 Å². The van der Waals surface area contributed by atoms with Gasteiger partial charge in [-0.2, -0.15) is 0 Å². The molecule has 0 unspecified atom stereocenters. The Morgan fingerprint density at radius 1 is 0.515 bits per heavy atom. The summed E-state index contributed by atoms with van der Waals surface area (Å²) in [7, 11) is -3.22. The van der Waals surface area contributed by atoms with Gasteiger partial charge in [-0.3, -0.25) is 0 Å². The highest BCUT2D eigenvalue weighted by Crippen LogP contribution is 2.12. The maximum Gasteiger partial charge on any atom is 0.467 e. The van der Waals surface area contributed by atoms with Gasteiger partial charge in [0.2, 0.25) is 0 Å². The molecule has 0 spiro atoms. The first kappa shape index (κ1) is 22.3. The van der Waals surface area contributed by atoms with E-state index in [1.54, 1.807) is 36.4 Å². The summed E-state index contributed by atoms with van der Waals surface area (Å²) in [4.78, 5) is 34.2. The Bertz CT molecular complexity index is 1080. The van der Waals surface area contributed by atoms with Gasteiger partial charge in [-0.15, -0.1) is 0 Å². The van der Waals surface area contributed by atoms with Crippen molar-refractivity contribution in [3.8, 4) is 0 Å². The van der Waals surface area contributed by atoms with Crippen LogP contribution in [0.1, 0.15) is 31.1 Å². The molecular weight excluding hydrogens is 429 g/mol. The molecule has 1 aliphatic heterocycles. The first-order chi connectivity index (χ1) is 15.8. The Labute approximate surface area is 189 Å². The number of aromatic carboxylic acids is 3. The Morgan fingerprint density at radius 3 is 1.03 bits per heavy atom. The zero-order valence-electron chi connectivity index (χ0n) is 17.0. The summed E-state index contributed by atoms with van der Waals surface area (Å²) in [5, 5.41) is 27.9. The van der Waals surface area contributed by atoms with Crippen molar-refractivity contribution in [2.24, 2.45) is 0 Å². The second kappa shape index (κ2) is 9.33. The number of carboxylic acids is 3. The van der Waals surface area contributed by atoms with Crippen LogP contribution in [-0.4, -0.2) is 54.6 Å². The third kappa shape index (κ3) is 4.98. The summed E-state index contributed by atoms with van der Waals surface area (Å²) in [6, 6.07) is 18.0. The molecule has 0 saturated carbocycles. The Hall–Kier alpha value is -3.86. The van der Waals surface area contributed by atoms with Crippen LogP contribution in [0.15, 0.2) is 72.8 Å². The number of rotatable bonds is 6. The maximum absolute atomic E-state index is 11.4. The molecule has 3 aromatic carbocycles. The average Bonchev–Trinajstić information content (AvgIpc) is 2.84. The molecular formula is C21H15B3O9. The topological polar surface area (TPSA) is 140 Å². The molecule has 33 heavy (non-hydrogen) atoms. The monoisotopic (exact) mass is 444 g/mol. The lowest BCUT2D eigenvalue weighted by molar-refractivity contribution is 0.0686. The van der Waals surface area contributed by atoms with Gasteiger partial charge in [0, 0.05) is 0 Å². The highest BCUT2D eigenvalue weighted by Gasteiger charge is 2.44. The van der Waals surface area contributed by atoms with Gasteiger partial charge in [0.05, 0.1) is 16.7 Å². The van der Waals surface area contributed by atoms with Crippen LogP contribution in [0.5, 0.6) is 0 Å². The Morgan fingerprint density at radius 2 is 0.788 bits per heavy atom. The van der Waals surface area contributed by atoms with Crippen molar-refractivity contribution in [3.05, 3.63) is 89.5 Å². The fourth-order valence-corrected chi connectivity index (χ4v) is 3.36. The van der Waals surface area contributed by atoms with Gasteiger partial charge in [0.25, 0.3) is 0 Å². The molecule has 162 valence electrons. The quantitative estimate of drug-likeness (QED) is 0.460. The average molecular weight is 444 g/mol. The summed E-state index contributed by atoms with van der Waals surface area (Å²) in [6.07, 6.45) is 0. The lowest BCUT2D eigenvalue weighted by atomic mass is 9.61. The van der Waals surface area contributed by atoms with E-state index in [4.69, 9.17) is 13.7 Å². The summed E-state index contributed by atoms with van der Waals surface area (Å²) in [5.41, 5.74) is 1.28. The lowest BCUT2D eigenvalue weighted by Gasteiger charge is -2.31. The molecule has 12 heteroatoms. The molecule has 0 amide bonds. The van der Waals surface area contributed by atoms with Crippen LogP contribution in [-0.2, 0) is 13.7 Å². The molecule has 0 aromatic heterocycles. The largest absolute Gasteiger partial charge is 0.478 e. The third-order valence-corrected chi connectivity index (χ3v) is 4.96. The summed E-state index contributed by atoms with van der Waals surface area (Å²) >= 11 is 0. The highest BCUT2D eigenvalue weighted by atomic mass is 16.7. The molecule has 3 N–H and O–H groups in total. The van der Waals surface area contributed by atoms with Gasteiger partial charge in [0.15, 0.2) is 0 Å². The van der Waals surface area contributed by atoms with Crippen LogP contribution >= 0.6 is 0 Å². The van der Waals surface area contributed by atoms with Crippen LogP contribution in [0.25, 0.3) is 0 Å². The van der Waals surface area contributed by atoms with Gasteiger partial charge in [-0.1, -0.05) is 36.4 Å². The molecule has 3 aromatic rings. The Balaban J connectivity index is 1.73. The second-order valence-corrected chi connectivity index (χ2v) is 7.20. The van der Waals surface area contributed by atoms with Crippen molar-refractivity contribution in [2.45, 2.75) is 0 Å². The second-order valence-electron chi connectivity index (χ2n) is 7.20. The summed E-state index contributed by atoms with van der Waals surface area (Å²) < 4.78 is 17.7. The Kier molecular flexibility index (Phi) is 6.32. The fourth-order valence-electron chi connectivity index (χ4n) is 3.36. The van der Waals surface area contributed by atoms with E-state index in [1.807, 2.05) is 0 Å². The maximum atomic E-state index is 11.4. The summed E-state index contributed by atoms with van der Waals surface area (Å²) in [6.45, 7) is 0. The highest BCUT2D eigenvalue weighted by molar-refractivity contribution is 6.87. The minimum atomic E-state index is -1.12. The van der Waals surface area contributed by atoms with Crippen LogP contribution in [0.3, 0.4) is 0 Å². The molecule has 4 rings (SSSR count). The van der Waals surface area contributed by atoms with Crippen LogP contribution < -0.4 is 16.4 Å². The van der Waals surface area contributed by atoms with Gasteiger partial charge in [-0.05, 0) is 52.8 Å². The normalized spacial score (nSPS) is 13.6. The van der Waals surface area contributed by atoms with E-state index >= 15 is 0 Å². The zero-order chi connectivity index (χ0) is 23.5. The minimum absolute atomic E-state index is 0.0278. The first-order valence-electron chi connectivity index (χ1n) is 9.78. The van der Waals surface area contributed by atoms with Gasteiger partial charge >= 0.3 is 39.3 Å². The number of carbonyl (C=O) groups is 3. The number of hydrogen-bond acceptors (Lipinski definition) is 6. The van der Waals surface area contributed by atoms with Crippen molar-refractivity contribution < 1.29 is 43.4 Å². The van der Waals surface area contributed by atoms with Gasteiger partial charge in [0.1, 0.15) is 0 Å². The van der Waals surface area contributed by atoms with Crippen LogP contribution in [0, 0.1) is 0 Å². The molecule has 1 saturated heterocycles. The molecule has 0 aliphatic carbocycles. The third-order valence-electron chi connectivity index (χ3n) is 4.96. The number of hydrogen-bond donors (Lipinski definition) is 3. The van der Waals surface area contributed by atoms with Crippen molar-refractivity contribution >= 4 is 55.7 Å². The molecule has 0 atom stereocenters. The molecule has 0 bridgehead atoms. The van der Waals surface area contributed by atoms with Crippen molar-refractivity contribution in [1.29, 1.82) is 0 Å². The molecule has 1 aliphatic rings. The van der Waals surface area contributed by atoms with E-state index in [2.05, 4.69) is 0 Å². The molecule has 0 radical (unpaired) electrons. The van der Waals surface area contributed by atoms with E-state index in [9.17, 15) is 29.7 Å². The fraction of sp³-hybridized carbons (Fsp3) is 0. The minimum Gasteiger partial charge on any atom is -0.478 e. The smallest absolute Gasteiger partial charge is 0.467 e. The predicted molar refractivity (Wildman–Crippen MR) is 120 cm³/mol. The standard InChI is InChI=1S/C21H15B3O9/c25-19(26)13-4-1-7-16(10-13)22-31-23(17-8-2-5-14(11-17)20(27)28)33-24(32-22)18-9-3-6-15(12-18)21(29)30/h1-12H,(H,25,26)(H,27,28)(H,29,30). The summed E-state index contributed by atoms with van der Waals surface area (Å²) in [5.74, 6) is -3.37. The molecule has 1 heterocycles. The number of benzene rings is 3. The van der Waals surface area contributed by atoms with Crippen LogP contribution in [0.4, 0.5) is 0 Å². The van der Waals surface area contributed by atoms with E-state index in [0.29, 0.717) is 16.4 Å². The van der Waals surface area contributed by atoms with Gasteiger partial charge < -0.3 is 29.0 Å². The van der Waals surface area contributed by atoms with E-state index in [1.165, 1.54) is 36.4 Å². The van der Waals surface area contributed by atoms with Gasteiger partial charge in [-0.25, -0.2) is 14.4 Å². The first-order valence-corrected chi connectivity index (χ1v) is 9.78. The van der Waals surface area contributed by atoms with E-state index < -0.39 is 39.3 Å². The zero-order valence-corrected chi connectivity index (χ0v) is 17.0. The number of carboxylic acid groups (broad SMARTS) is 3. The van der Waals surface area contributed by atoms with Crippen molar-refractivity contribution in [1.82, 2.24) is 0 Å². The van der Waals surface area contributed by atoms with Crippen molar-refractivity contribution in [2.75, 3.05) is 0 Å².